The summed E-state index contributed by atoms with van der Waals surface area (Å²) in [5.74, 6) is 0.875. The number of nitrogens with one attached hydrogen (secondary N) is 1. The first-order chi connectivity index (χ1) is 11.1. The van der Waals surface area contributed by atoms with E-state index in [9.17, 15) is 8.42 Å². The van der Waals surface area contributed by atoms with E-state index in [2.05, 4.69) is 10.3 Å². The van der Waals surface area contributed by atoms with Gasteiger partial charge in [0.1, 0.15) is 21.4 Å². The zero-order valence-electron chi connectivity index (χ0n) is 12.0. The molecule has 1 N–H and O–H groups in total. The first kappa shape index (κ1) is 14.7. The highest BCUT2D eigenvalue weighted by Gasteiger charge is 2.24. The molecule has 118 valence electrons. The molecule has 0 saturated carbocycles. The number of sulfone groups is 1. The molecule has 5 nitrogen and oxygen atoms in total. The van der Waals surface area contributed by atoms with Gasteiger partial charge >= 0.3 is 0 Å². The van der Waals surface area contributed by atoms with Crippen molar-refractivity contribution in [3.63, 3.8) is 0 Å². The molecular weight excluding hydrogens is 336 g/mol. The molecule has 3 heterocycles. The standard InChI is InChI=1S/C16H13ClN2O3S/c17-16-15(2-1-6-19-16)23(20,21)10-3-4-11-12-5-7-18-9-14(12)22-13(11)8-10/h1-4,6,8,18H,5,7,9H2. The molecule has 2 aromatic heterocycles. The van der Waals surface area contributed by atoms with E-state index in [1.165, 1.54) is 12.3 Å². The van der Waals surface area contributed by atoms with Gasteiger partial charge in [-0.1, -0.05) is 11.6 Å². The molecule has 23 heavy (non-hydrogen) atoms. The van der Waals surface area contributed by atoms with Crippen molar-refractivity contribution in [3.05, 3.63) is 53.0 Å². The number of hydrogen-bond acceptors (Lipinski definition) is 5. The second kappa shape index (κ2) is 5.33. The van der Waals surface area contributed by atoms with Crippen molar-refractivity contribution in [3.8, 4) is 0 Å². The minimum Gasteiger partial charge on any atom is -0.459 e. The number of benzene rings is 1. The summed E-state index contributed by atoms with van der Waals surface area (Å²) in [6.07, 6.45) is 2.33. The van der Waals surface area contributed by atoms with Crippen molar-refractivity contribution >= 4 is 32.4 Å². The monoisotopic (exact) mass is 348 g/mol. The summed E-state index contributed by atoms with van der Waals surface area (Å²) in [5.41, 5.74) is 1.74. The largest absolute Gasteiger partial charge is 0.459 e. The molecule has 0 atom stereocenters. The quantitative estimate of drug-likeness (QED) is 0.721. The number of hydrogen-bond donors (Lipinski definition) is 1. The smallest absolute Gasteiger partial charge is 0.209 e. The Morgan fingerprint density at radius 1 is 1.26 bits per heavy atom. The Morgan fingerprint density at radius 3 is 2.96 bits per heavy atom. The van der Waals surface area contributed by atoms with E-state index < -0.39 is 9.84 Å². The molecule has 0 saturated heterocycles. The highest BCUT2D eigenvalue weighted by atomic mass is 35.5. The van der Waals surface area contributed by atoms with Crippen LogP contribution in [0.25, 0.3) is 11.0 Å². The Hall–Kier alpha value is -1.89. The minimum absolute atomic E-state index is 0.000923. The number of rotatable bonds is 2. The molecule has 0 spiro atoms. The zero-order valence-corrected chi connectivity index (χ0v) is 13.6. The van der Waals surface area contributed by atoms with Crippen LogP contribution >= 0.6 is 11.6 Å². The van der Waals surface area contributed by atoms with Gasteiger partial charge in [-0.05, 0) is 37.2 Å². The second-order valence-corrected chi connectivity index (χ2v) is 7.66. The summed E-state index contributed by atoms with van der Waals surface area (Å²) in [7, 11) is -3.73. The second-order valence-electron chi connectivity index (χ2n) is 5.38. The molecule has 1 aliphatic rings. The van der Waals surface area contributed by atoms with Gasteiger partial charge in [-0.3, -0.25) is 0 Å². The molecule has 0 bridgehead atoms. The van der Waals surface area contributed by atoms with Crippen molar-refractivity contribution in [1.82, 2.24) is 10.3 Å². The maximum atomic E-state index is 12.8. The van der Waals surface area contributed by atoms with E-state index in [0.717, 1.165) is 29.7 Å². The average Bonchev–Trinajstić information content (AvgIpc) is 2.92. The molecule has 4 rings (SSSR count). The van der Waals surface area contributed by atoms with E-state index in [1.54, 1.807) is 24.3 Å². The van der Waals surface area contributed by atoms with Crippen molar-refractivity contribution < 1.29 is 12.8 Å². The molecule has 0 unspecified atom stereocenters. The lowest BCUT2D eigenvalue weighted by molar-refractivity contribution is 0.487. The fourth-order valence-corrected chi connectivity index (χ4v) is 4.60. The van der Waals surface area contributed by atoms with Gasteiger partial charge in [-0.15, -0.1) is 0 Å². The van der Waals surface area contributed by atoms with Crippen LogP contribution in [0, 0.1) is 0 Å². The van der Waals surface area contributed by atoms with Gasteiger partial charge in [-0.2, -0.15) is 0 Å². The fraction of sp³-hybridized carbons (Fsp3) is 0.188. The van der Waals surface area contributed by atoms with Gasteiger partial charge < -0.3 is 9.73 Å². The summed E-state index contributed by atoms with van der Waals surface area (Å²) >= 11 is 5.94. The Kier molecular flexibility index (Phi) is 3.41. The van der Waals surface area contributed by atoms with Gasteiger partial charge in [0.15, 0.2) is 0 Å². The molecule has 7 heteroatoms. The first-order valence-electron chi connectivity index (χ1n) is 7.18. The predicted molar refractivity (Wildman–Crippen MR) is 86.3 cm³/mol. The van der Waals surface area contributed by atoms with Crippen LogP contribution in [0.5, 0.6) is 0 Å². The third-order valence-electron chi connectivity index (χ3n) is 4.01. The Labute approximate surface area is 138 Å². The summed E-state index contributed by atoms with van der Waals surface area (Å²) < 4.78 is 31.3. The number of aromatic nitrogens is 1. The number of furan rings is 1. The van der Waals surface area contributed by atoms with Crippen LogP contribution in [-0.4, -0.2) is 19.9 Å². The Balaban J connectivity index is 1.88. The van der Waals surface area contributed by atoms with Gasteiger partial charge in [0.05, 0.1) is 11.4 Å². The van der Waals surface area contributed by atoms with Crippen molar-refractivity contribution in [1.29, 1.82) is 0 Å². The van der Waals surface area contributed by atoms with Crippen LogP contribution in [0.15, 0.2) is 50.7 Å². The van der Waals surface area contributed by atoms with Gasteiger partial charge in [0, 0.05) is 23.2 Å². The van der Waals surface area contributed by atoms with E-state index in [0.29, 0.717) is 12.1 Å². The Bertz CT molecular complexity index is 1010. The lowest BCUT2D eigenvalue weighted by atomic mass is 10.1. The Morgan fingerprint density at radius 2 is 2.13 bits per heavy atom. The molecule has 0 aliphatic carbocycles. The average molecular weight is 349 g/mol. The summed E-state index contributed by atoms with van der Waals surface area (Å²) in [6.45, 7) is 1.56. The molecule has 3 aromatic rings. The van der Waals surface area contributed by atoms with E-state index in [4.69, 9.17) is 16.0 Å². The highest BCUT2D eigenvalue weighted by molar-refractivity contribution is 7.91. The predicted octanol–water partition coefficient (Wildman–Crippen LogP) is 2.96. The zero-order chi connectivity index (χ0) is 16.0. The number of fused-ring (bicyclic) bond motifs is 3. The van der Waals surface area contributed by atoms with Gasteiger partial charge in [0.2, 0.25) is 9.84 Å². The number of halogens is 1. The van der Waals surface area contributed by atoms with E-state index >= 15 is 0 Å². The minimum atomic E-state index is -3.73. The normalized spacial score (nSPS) is 14.8. The third kappa shape index (κ3) is 2.34. The van der Waals surface area contributed by atoms with Crippen molar-refractivity contribution in [2.75, 3.05) is 6.54 Å². The molecular formula is C16H13ClN2O3S. The van der Waals surface area contributed by atoms with Crippen LogP contribution in [-0.2, 0) is 22.8 Å². The SMILES string of the molecule is O=S(=O)(c1ccc2c3c(oc2c1)CNCC3)c1cccnc1Cl. The molecule has 0 radical (unpaired) electrons. The maximum absolute atomic E-state index is 12.8. The van der Waals surface area contributed by atoms with Crippen LogP contribution in [0.2, 0.25) is 5.15 Å². The fourth-order valence-electron chi connectivity index (χ4n) is 2.88. The molecule has 1 aliphatic heterocycles. The lowest BCUT2D eigenvalue weighted by Gasteiger charge is -2.10. The van der Waals surface area contributed by atoms with Gasteiger partial charge in [-0.25, -0.2) is 13.4 Å². The lowest BCUT2D eigenvalue weighted by Crippen LogP contribution is -2.22. The highest BCUT2D eigenvalue weighted by Crippen LogP contribution is 2.32. The van der Waals surface area contributed by atoms with Crippen LogP contribution < -0.4 is 5.32 Å². The number of nitrogens with zero attached hydrogens (tertiary/aromatic N) is 1. The first-order valence-corrected chi connectivity index (χ1v) is 9.04. The van der Waals surface area contributed by atoms with E-state index in [1.807, 2.05) is 0 Å². The number of pyridine rings is 1. The maximum Gasteiger partial charge on any atom is 0.209 e. The molecule has 0 amide bonds. The van der Waals surface area contributed by atoms with Crippen LogP contribution in [0.1, 0.15) is 11.3 Å². The van der Waals surface area contributed by atoms with Crippen LogP contribution in [0.4, 0.5) is 0 Å². The van der Waals surface area contributed by atoms with Crippen LogP contribution in [0.3, 0.4) is 0 Å². The van der Waals surface area contributed by atoms with Crippen molar-refractivity contribution in [2.24, 2.45) is 0 Å². The summed E-state index contributed by atoms with van der Waals surface area (Å²) in [4.78, 5) is 3.99. The summed E-state index contributed by atoms with van der Waals surface area (Å²) in [6, 6.07) is 7.96. The third-order valence-corrected chi connectivity index (χ3v) is 6.21. The summed E-state index contributed by atoms with van der Waals surface area (Å²) in [5, 5.41) is 4.18. The molecule has 0 fully saturated rings. The van der Waals surface area contributed by atoms with E-state index in [-0.39, 0.29) is 14.9 Å². The topological polar surface area (TPSA) is 72.2 Å². The van der Waals surface area contributed by atoms with Crippen molar-refractivity contribution in [2.45, 2.75) is 22.8 Å². The molecule has 1 aromatic carbocycles. The van der Waals surface area contributed by atoms with Gasteiger partial charge in [0.25, 0.3) is 0 Å².